The van der Waals surface area contributed by atoms with Gasteiger partial charge < -0.3 is 5.32 Å². The lowest BCUT2D eigenvalue weighted by Gasteiger charge is -2.23. The molecule has 0 radical (unpaired) electrons. The van der Waals surface area contributed by atoms with Gasteiger partial charge in [-0.05, 0) is 36.6 Å². The molecule has 164 valence electrons. The number of hydrogen-bond donors (Lipinski definition) is 1. The van der Waals surface area contributed by atoms with Crippen molar-refractivity contribution in [1.82, 2.24) is 9.62 Å². The topological polar surface area (TPSA) is 101 Å². The van der Waals surface area contributed by atoms with Crippen LogP contribution in [0.4, 0.5) is 0 Å². The van der Waals surface area contributed by atoms with Gasteiger partial charge in [-0.15, -0.1) is 0 Å². The lowest BCUT2D eigenvalue weighted by molar-refractivity contribution is -0.122. The highest BCUT2D eigenvalue weighted by molar-refractivity contribution is 7.90. The highest BCUT2D eigenvalue weighted by atomic mass is 32.2. The van der Waals surface area contributed by atoms with E-state index in [-0.39, 0.29) is 24.0 Å². The molecule has 0 aromatic heterocycles. The zero-order valence-electron chi connectivity index (χ0n) is 17.6. The fraction of sp³-hybridized carbons (Fsp3) is 0.381. The molecule has 7 nitrogen and oxygen atoms in total. The third-order valence-corrected chi connectivity index (χ3v) is 7.05. The largest absolute Gasteiger partial charge is 0.348 e. The molecule has 0 aliphatic heterocycles. The first-order chi connectivity index (χ1) is 13.9. The number of hydrogen-bond acceptors (Lipinski definition) is 5. The standard InChI is InChI=1S/C21H28N2O5S2/c1-5-20(18-10-12-19(13-11-18)29(3,25)26)22-21(24)15-23(30(4,27)28)14-17-8-6-16(2)7-9-17/h6-13,20H,5,14-15H2,1-4H3,(H,22,24). The van der Waals surface area contributed by atoms with E-state index in [1.807, 2.05) is 38.1 Å². The number of amides is 1. The van der Waals surface area contributed by atoms with Crippen LogP contribution in [0, 0.1) is 6.92 Å². The summed E-state index contributed by atoms with van der Waals surface area (Å²) in [5.74, 6) is -0.424. The molecule has 0 spiro atoms. The lowest BCUT2D eigenvalue weighted by Crippen LogP contribution is -2.41. The third kappa shape index (κ3) is 6.93. The van der Waals surface area contributed by atoms with Crippen LogP contribution in [0.15, 0.2) is 53.4 Å². The van der Waals surface area contributed by atoms with E-state index in [1.54, 1.807) is 12.1 Å². The minimum absolute atomic E-state index is 0.104. The van der Waals surface area contributed by atoms with Gasteiger partial charge in [0.05, 0.1) is 23.7 Å². The maximum Gasteiger partial charge on any atom is 0.235 e. The van der Waals surface area contributed by atoms with Gasteiger partial charge in [-0.2, -0.15) is 4.31 Å². The number of rotatable bonds is 9. The molecule has 0 aliphatic rings. The highest BCUT2D eigenvalue weighted by Gasteiger charge is 2.22. The van der Waals surface area contributed by atoms with Crippen LogP contribution >= 0.6 is 0 Å². The van der Waals surface area contributed by atoms with Crippen molar-refractivity contribution in [3.63, 3.8) is 0 Å². The fourth-order valence-corrected chi connectivity index (χ4v) is 4.32. The number of nitrogens with one attached hydrogen (secondary N) is 1. The number of benzene rings is 2. The number of carbonyl (C=O) groups excluding carboxylic acids is 1. The second-order valence-corrected chi connectivity index (χ2v) is 11.4. The average molecular weight is 453 g/mol. The first-order valence-corrected chi connectivity index (χ1v) is 13.2. The van der Waals surface area contributed by atoms with E-state index in [1.165, 1.54) is 12.1 Å². The van der Waals surface area contributed by atoms with Gasteiger partial charge in [-0.3, -0.25) is 4.79 Å². The Labute approximate surface area is 179 Å². The number of aryl methyl sites for hydroxylation is 1. The number of carbonyl (C=O) groups is 1. The SMILES string of the molecule is CCC(NC(=O)CN(Cc1ccc(C)cc1)S(C)(=O)=O)c1ccc(S(C)(=O)=O)cc1. The molecule has 0 fully saturated rings. The summed E-state index contributed by atoms with van der Waals surface area (Å²) in [6, 6.07) is 13.4. The van der Waals surface area contributed by atoms with Gasteiger partial charge in [0.1, 0.15) is 0 Å². The van der Waals surface area contributed by atoms with E-state index in [2.05, 4.69) is 5.32 Å². The Kier molecular flexibility index (Phi) is 7.79. The molecule has 1 N–H and O–H groups in total. The predicted octanol–water partition coefficient (Wildman–Crippen LogP) is 2.43. The highest BCUT2D eigenvalue weighted by Crippen LogP contribution is 2.19. The van der Waals surface area contributed by atoms with Gasteiger partial charge in [0, 0.05) is 12.8 Å². The van der Waals surface area contributed by atoms with Crippen LogP contribution in [0.25, 0.3) is 0 Å². The smallest absolute Gasteiger partial charge is 0.235 e. The molecule has 0 heterocycles. The summed E-state index contributed by atoms with van der Waals surface area (Å²) < 4.78 is 48.7. The van der Waals surface area contributed by atoms with Crippen molar-refractivity contribution in [2.45, 2.75) is 37.8 Å². The molecule has 1 amide bonds. The van der Waals surface area contributed by atoms with E-state index in [4.69, 9.17) is 0 Å². The summed E-state index contributed by atoms with van der Waals surface area (Å²) in [6.07, 6.45) is 2.78. The van der Waals surface area contributed by atoms with E-state index >= 15 is 0 Å². The second-order valence-electron chi connectivity index (χ2n) is 7.39. The Morgan fingerprint density at radius 1 is 0.967 bits per heavy atom. The van der Waals surface area contributed by atoms with Gasteiger partial charge >= 0.3 is 0 Å². The summed E-state index contributed by atoms with van der Waals surface area (Å²) in [5.41, 5.74) is 2.61. The Balaban J connectivity index is 2.11. The van der Waals surface area contributed by atoms with Crippen LogP contribution in [-0.4, -0.2) is 46.1 Å². The first-order valence-electron chi connectivity index (χ1n) is 9.50. The van der Waals surface area contributed by atoms with Crippen molar-refractivity contribution in [3.05, 3.63) is 65.2 Å². The molecule has 0 bridgehead atoms. The quantitative estimate of drug-likeness (QED) is 0.630. The molecule has 2 aromatic rings. The van der Waals surface area contributed by atoms with Gasteiger partial charge in [0.2, 0.25) is 15.9 Å². The van der Waals surface area contributed by atoms with Crippen molar-refractivity contribution in [3.8, 4) is 0 Å². The van der Waals surface area contributed by atoms with Crippen molar-refractivity contribution in [2.75, 3.05) is 19.1 Å². The number of sulfonamides is 1. The Morgan fingerprint density at radius 2 is 1.53 bits per heavy atom. The minimum Gasteiger partial charge on any atom is -0.348 e. The molecule has 9 heteroatoms. The van der Waals surface area contributed by atoms with Crippen molar-refractivity contribution >= 4 is 25.8 Å². The molecule has 1 unspecified atom stereocenters. The summed E-state index contributed by atoms with van der Waals surface area (Å²) >= 11 is 0. The van der Waals surface area contributed by atoms with Crippen LogP contribution in [0.5, 0.6) is 0 Å². The molecule has 0 saturated carbocycles. The maximum absolute atomic E-state index is 12.6. The summed E-state index contributed by atoms with van der Waals surface area (Å²) in [4.78, 5) is 12.8. The normalized spacial score (nSPS) is 13.2. The lowest BCUT2D eigenvalue weighted by atomic mass is 10.0. The first kappa shape index (κ1) is 24.0. The summed E-state index contributed by atoms with van der Waals surface area (Å²) in [6.45, 7) is 3.63. The van der Waals surface area contributed by atoms with Gasteiger partial charge in [-0.25, -0.2) is 16.8 Å². The van der Waals surface area contributed by atoms with E-state index < -0.39 is 25.8 Å². The van der Waals surface area contributed by atoms with Gasteiger partial charge in [-0.1, -0.05) is 48.9 Å². The molecule has 0 saturated heterocycles. The van der Waals surface area contributed by atoms with Crippen molar-refractivity contribution in [1.29, 1.82) is 0 Å². The van der Waals surface area contributed by atoms with Crippen LogP contribution in [0.1, 0.15) is 36.1 Å². The average Bonchev–Trinajstić information content (AvgIpc) is 2.66. The second kappa shape index (κ2) is 9.72. The van der Waals surface area contributed by atoms with Crippen molar-refractivity contribution < 1.29 is 21.6 Å². The van der Waals surface area contributed by atoms with E-state index in [0.717, 1.165) is 33.5 Å². The van der Waals surface area contributed by atoms with E-state index in [9.17, 15) is 21.6 Å². The third-order valence-electron chi connectivity index (χ3n) is 4.72. The maximum atomic E-state index is 12.6. The van der Waals surface area contributed by atoms with Crippen LogP contribution < -0.4 is 5.32 Å². The molecular formula is C21H28N2O5S2. The molecular weight excluding hydrogens is 424 g/mol. The summed E-state index contributed by atoms with van der Waals surface area (Å²) in [5, 5.41) is 2.84. The molecule has 1 atom stereocenters. The number of nitrogens with zero attached hydrogens (tertiary/aromatic N) is 1. The van der Waals surface area contributed by atoms with Crippen LogP contribution in [0.2, 0.25) is 0 Å². The minimum atomic E-state index is -3.59. The van der Waals surface area contributed by atoms with Crippen molar-refractivity contribution in [2.24, 2.45) is 0 Å². The Bertz CT molecular complexity index is 1080. The molecule has 0 aliphatic carbocycles. The van der Waals surface area contributed by atoms with Gasteiger partial charge in [0.25, 0.3) is 0 Å². The molecule has 2 rings (SSSR count). The van der Waals surface area contributed by atoms with Crippen LogP contribution in [0.3, 0.4) is 0 Å². The van der Waals surface area contributed by atoms with Gasteiger partial charge in [0.15, 0.2) is 9.84 Å². The predicted molar refractivity (Wildman–Crippen MR) is 117 cm³/mol. The summed E-state index contributed by atoms with van der Waals surface area (Å²) in [7, 11) is -6.89. The Hall–Kier alpha value is -2.23. The van der Waals surface area contributed by atoms with E-state index in [0.29, 0.717) is 6.42 Å². The number of sulfone groups is 1. The Morgan fingerprint density at radius 3 is 2.00 bits per heavy atom. The molecule has 2 aromatic carbocycles. The monoisotopic (exact) mass is 452 g/mol. The fourth-order valence-electron chi connectivity index (χ4n) is 2.96. The molecule has 30 heavy (non-hydrogen) atoms. The zero-order valence-corrected chi connectivity index (χ0v) is 19.3. The van der Waals surface area contributed by atoms with Crippen LogP contribution in [-0.2, 0) is 31.2 Å². The zero-order chi connectivity index (χ0) is 22.5.